The minimum absolute atomic E-state index is 0.112. The fourth-order valence-corrected chi connectivity index (χ4v) is 4.37. The maximum atomic E-state index is 13.0. The average molecular weight is 388 g/mol. The van der Waals surface area contributed by atoms with Crippen LogP contribution in [0.4, 0.5) is 0 Å². The highest BCUT2D eigenvalue weighted by Gasteiger charge is 2.36. The Balaban J connectivity index is 1.76. The Morgan fingerprint density at radius 2 is 1.86 bits per heavy atom. The number of esters is 1. The number of likely N-dealkylation sites (tertiary alicyclic amines) is 1. The number of nitrogens with one attached hydrogen (secondary N) is 1. The molecule has 5 nitrogen and oxygen atoms in total. The number of hydrogen-bond acceptors (Lipinski definition) is 5. The molecule has 1 N–H and O–H groups in total. The first-order valence-electron chi connectivity index (χ1n) is 10.9. The van der Waals surface area contributed by atoms with E-state index in [0.717, 1.165) is 26.1 Å². The third kappa shape index (κ3) is 6.03. The summed E-state index contributed by atoms with van der Waals surface area (Å²) >= 11 is 0. The zero-order valence-corrected chi connectivity index (χ0v) is 17.8. The van der Waals surface area contributed by atoms with Gasteiger partial charge in [0.1, 0.15) is 11.6 Å². The van der Waals surface area contributed by atoms with Gasteiger partial charge in [0.2, 0.25) is 0 Å². The zero-order valence-electron chi connectivity index (χ0n) is 17.8. The SMILES string of the molecule is CC(C)(C)OC(=O)C1CNCCN1C(CCN1CCCCC1)c1ccccc1. The number of piperidine rings is 1. The first kappa shape index (κ1) is 21.3. The normalized spacial score (nSPS) is 23.3. The number of piperazine rings is 1. The van der Waals surface area contributed by atoms with Crippen molar-refractivity contribution < 1.29 is 9.53 Å². The van der Waals surface area contributed by atoms with Crippen molar-refractivity contribution in [3.05, 3.63) is 35.9 Å². The monoisotopic (exact) mass is 387 g/mol. The van der Waals surface area contributed by atoms with E-state index in [1.807, 2.05) is 20.8 Å². The van der Waals surface area contributed by atoms with Crippen LogP contribution in [0.25, 0.3) is 0 Å². The Kier molecular flexibility index (Phi) is 7.49. The predicted octanol–water partition coefficient (Wildman–Crippen LogP) is 3.22. The van der Waals surface area contributed by atoms with Crippen molar-refractivity contribution in [2.75, 3.05) is 39.3 Å². The summed E-state index contributed by atoms with van der Waals surface area (Å²) in [6.07, 6.45) is 5.02. The van der Waals surface area contributed by atoms with E-state index in [2.05, 4.69) is 45.4 Å². The highest BCUT2D eigenvalue weighted by molar-refractivity contribution is 5.76. The Morgan fingerprint density at radius 3 is 2.54 bits per heavy atom. The van der Waals surface area contributed by atoms with Gasteiger partial charge in [0.15, 0.2) is 0 Å². The quantitative estimate of drug-likeness (QED) is 0.760. The Bertz CT molecular complexity index is 608. The number of ether oxygens (including phenoxy) is 1. The molecule has 0 aromatic heterocycles. The summed E-state index contributed by atoms with van der Waals surface area (Å²) in [5.41, 5.74) is 0.839. The molecule has 0 spiro atoms. The molecule has 0 aliphatic carbocycles. The standard InChI is InChI=1S/C23H37N3O2/c1-23(2,3)28-22(27)21-18-24-13-17-26(21)20(19-10-6-4-7-11-19)12-16-25-14-8-5-9-15-25/h4,6-7,10-11,20-21,24H,5,8-9,12-18H2,1-3H3. The van der Waals surface area contributed by atoms with Gasteiger partial charge in [-0.1, -0.05) is 36.8 Å². The lowest BCUT2D eigenvalue weighted by atomic mass is 9.98. The van der Waals surface area contributed by atoms with Crippen molar-refractivity contribution in [2.45, 2.75) is 64.1 Å². The molecule has 0 radical (unpaired) electrons. The molecule has 2 aliphatic heterocycles. The molecule has 2 saturated heterocycles. The van der Waals surface area contributed by atoms with Crippen LogP contribution < -0.4 is 5.32 Å². The van der Waals surface area contributed by atoms with Gasteiger partial charge < -0.3 is 15.0 Å². The highest BCUT2D eigenvalue weighted by Crippen LogP contribution is 2.29. The third-order valence-corrected chi connectivity index (χ3v) is 5.72. The van der Waals surface area contributed by atoms with Gasteiger partial charge in [-0.15, -0.1) is 0 Å². The van der Waals surface area contributed by atoms with Crippen molar-refractivity contribution in [3.63, 3.8) is 0 Å². The highest BCUT2D eigenvalue weighted by atomic mass is 16.6. The Hall–Kier alpha value is -1.43. The van der Waals surface area contributed by atoms with E-state index in [1.165, 1.54) is 37.9 Å². The van der Waals surface area contributed by atoms with Gasteiger partial charge in [-0.2, -0.15) is 0 Å². The van der Waals surface area contributed by atoms with Gasteiger partial charge in [0.25, 0.3) is 0 Å². The fraction of sp³-hybridized carbons (Fsp3) is 0.696. The van der Waals surface area contributed by atoms with Crippen LogP contribution in [0.5, 0.6) is 0 Å². The third-order valence-electron chi connectivity index (χ3n) is 5.72. The number of carbonyl (C=O) groups is 1. The van der Waals surface area contributed by atoms with Gasteiger partial charge >= 0.3 is 5.97 Å². The second-order valence-corrected chi connectivity index (χ2v) is 9.11. The van der Waals surface area contributed by atoms with Crippen molar-refractivity contribution in [3.8, 4) is 0 Å². The van der Waals surface area contributed by atoms with Gasteiger partial charge in [-0.25, -0.2) is 0 Å². The van der Waals surface area contributed by atoms with Crippen LogP contribution >= 0.6 is 0 Å². The van der Waals surface area contributed by atoms with Crippen LogP contribution in [0.2, 0.25) is 0 Å². The Morgan fingerprint density at radius 1 is 1.14 bits per heavy atom. The van der Waals surface area contributed by atoms with Crippen LogP contribution in [0.3, 0.4) is 0 Å². The number of carbonyl (C=O) groups excluding carboxylic acids is 1. The van der Waals surface area contributed by atoms with Crippen molar-refractivity contribution in [1.29, 1.82) is 0 Å². The van der Waals surface area contributed by atoms with Crippen LogP contribution in [0.15, 0.2) is 30.3 Å². The van der Waals surface area contributed by atoms with E-state index in [-0.39, 0.29) is 18.1 Å². The number of benzene rings is 1. The molecule has 0 saturated carbocycles. The summed E-state index contributed by atoms with van der Waals surface area (Å²) in [4.78, 5) is 17.9. The molecule has 1 aromatic rings. The first-order chi connectivity index (χ1) is 13.4. The molecule has 2 unspecified atom stereocenters. The van der Waals surface area contributed by atoms with E-state index >= 15 is 0 Å². The van der Waals surface area contributed by atoms with Gasteiger partial charge in [-0.3, -0.25) is 9.69 Å². The average Bonchev–Trinajstić information content (AvgIpc) is 2.69. The molecule has 2 atom stereocenters. The van der Waals surface area contributed by atoms with Crippen LogP contribution in [0, 0.1) is 0 Å². The summed E-state index contributed by atoms with van der Waals surface area (Å²) in [6, 6.07) is 10.7. The van der Waals surface area contributed by atoms with Crippen molar-refractivity contribution in [2.24, 2.45) is 0 Å². The molecule has 5 heteroatoms. The molecule has 2 fully saturated rings. The molecule has 3 rings (SSSR count). The van der Waals surface area contributed by atoms with E-state index in [9.17, 15) is 4.79 Å². The number of rotatable bonds is 6. The molecule has 1 aromatic carbocycles. The minimum Gasteiger partial charge on any atom is -0.459 e. The van der Waals surface area contributed by atoms with Gasteiger partial charge in [0, 0.05) is 25.7 Å². The van der Waals surface area contributed by atoms with Crippen LogP contribution in [-0.4, -0.2) is 66.7 Å². The molecule has 28 heavy (non-hydrogen) atoms. The van der Waals surface area contributed by atoms with Crippen molar-refractivity contribution >= 4 is 5.97 Å². The second kappa shape index (κ2) is 9.86. The lowest BCUT2D eigenvalue weighted by Gasteiger charge is -2.42. The molecular weight excluding hydrogens is 350 g/mol. The second-order valence-electron chi connectivity index (χ2n) is 9.11. The number of nitrogens with zero attached hydrogens (tertiary/aromatic N) is 2. The maximum absolute atomic E-state index is 13.0. The van der Waals surface area contributed by atoms with Crippen LogP contribution in [0.1, 0.15) is 58.1 Å². The fourth-order valence-electron chi connectivity index (χ4n) is 4.37. The smallest absolute Gasteiger partial charge is 0.325 e. The molecule has 156 valence electrons. The molecule has 2 heterocycles. The number of hydrogen-bond donors (Lipinski definition) is 1. The van der Waals surface area contributed by atoms with E-state index < -0.39 is 5.60 Å². The largest absolute Gasteiger partial charge is 0.459 e. The predicted molar refractivity (Wildman–Crippen MR) is 113 cm³/mol. The molecule has 0 amide bonds. The maximum Gasteiger partial charge on any atom is 0.325 e. The Labute approximate surface area is 170 Å². The van der Waals surface area contributed by atoms with Crippen LogP contribution in [-0.2, 0) is 9.53 Å². The van der Waals surface area contributed by atoms with E-state index in [1.54, 1.807) is 0 Å². The summed E-state index contributed by atoms with van der Waals surface area (Å²) in [5, 5.41) is 3.39. The molecule has 0 bridgehead atoms. The summed E-state index contributed by atoms with van der Waals surface area (Å²) in [6.45, 7) is 11.8. The summed E-state index contributed by atoms with van der Waals surface area (Å²) in [7, 11) is 0. The van der Waals surface area contributed by atoms with Crippen molar-refractivity contribution in [1.82, 2.24) is 15.1 Å². The van der Waals surface area contributed by atoms with Gasteiger partial charge in [-0.05, 0) is 65.2 Å². The van der Waals surface area contributed by atoms with Gasteiger partial charge in [0.05, 0.1) is 0 Å². The molecule has 2 aliphatic rings. The summed E-state index contributed by atoms with van der Waals surface area (Å²) in [5.74, 6) is -0.112. The molecular formula is C23H37N3O2. The minimum atomic E-state index is -0.462. The lowest BCUT2D eigenvalue weighted by Crippen LogP contribution is -2.57. The summed E-state index contributed by atoms with van der Waals surface area (Å²) < 4.78 is 5.76. The first-order valence-corrected chi connectivity index (χ1v) is 10.9. The van der Waals surface area contributed by atoms with E-state index in [0.29, 0.717) is 6.54 Å². The topological polar surface area (TPSA) is 44.8 Å². The zero-order chi connectivity index (χ0) is 20.0. The van der Waals surface area contributed by atoms with E-state index in [4.69, 9.17) is 4.74 Å². The lowest BCUT2D eigenvalue weighted by molar-refractivity contribution is -0.163.